The van der Waals surface area contributed by atoms with Gasteiger partial charge in [-0.05, 0) is 12.8 Å². The van der Waals surface area contributed by atoms with Crippen LogP contribution in [0.4, 0.5) is 0 Å². The lowest BCUT2D eigenvalue weighted by atomic mass is 10.0. The molecule has 0 unspecified atom stereocenters. The second kappa shape index (κ2) is 4.40. The Morgan fingerprint density at radius 3 is 1.75 bits per heavy atom. The van der Waals surface area contributed by atoms with Crippen LogP contribution >= 0.6 is 7.60 Å². The first kappa shape index (κ1) is 10.2. The summed E-state index contributed by atoms with van der Waals surface area (Å²) in [7, 11) is -3.79. The van der Waals surface area contributed by atoms with E-state index in [2.05, 4.69) is 0 Å². The highest BCUT2D eigenvalue weighted by Crippen LogP contribution is 2.46. The fourth-order valence-corrected chi connectivity index (χ4v) is 2.81. The van der Waals surface area contributed by atoms with E-state index in [4.69, 9.17) is 9.79 Å². The van der Waals surface area contributed by atoms with Gasteiger partial charge in [0.25, 0.3) is 0 Å². The van der Waals surface area contributed by atoms with Gasteiger partial charge in [-0.25, -0.2) is 0 Å². The molecule has 0 radical (unpaired) electrons. The summed E-state index contributed by atoms with van der Waals surface area (Å²) in [4.78, 5) is 17.9. The molecule has 0 aromatic rings. The summed E-state index contributed by atoms with van der Waals surface area (Å²) >= 11 is 0. The van der Waals surface area contributed by atoms with E-state index >= 15 is 0 Å². The summed E-state index contributed by atoms with van der Waals surface area (Å²) in [6, 6.07) is 0. The van der Waals surface area contributed by atoms with E-state index in [0.717, 1.165) is 25.7 Å². The Balaban J connectivity index is 2.45. The fourth-order valence-electron chi connectivity index (χ4n) is 1.77. The Kier molecular flexibility index (Phi) is 3.76. The third-order valence-corrected chi connectivity index (χ3v) is 4.02. The third-order valence-electron chi connectivity index (χ3n) is 2.55. The molecule has 72 valence electrons. The van der Waals surface area contributed by atoms with Crippen LogP contribution in [0.1, 0.15) is 44.9 Å². The predicted octanol–water partition coefficient (Wildman–Crippen LogP) is 2.28. The average Bonchev–Trinajstić information content (AvgIpc) is 1.81. The molecule has 0 aromatic carbocycles. The monoisotopic (exact) mass is 192 g/mol. The summed E-state index contributed by atoms with van der Waals surface area (Å²) in [5.74, 6) is 0. The Morgan fingerprint density at radius 1 is 0.917 bits per heavy atom. The van der Waals surface area contributed by atoms with Gasteiger partial charge in [0.1, 0.15) is 0 Å². The van der Waals surface area contributed by atoms with Crippen LogP contribution in [0.25, 0.3) is 0 Å². The van der Waals surface area contributed by atoms with Crippen molar-refractivity contribution in [2.45, 2.75) is 50.6 Å². The second-order valence-corrected chi connectivity index (χ2v) is 5.50. The van der Waals surface area contributed by atoms with Crippen molar-refractivity contribution in [2.75, 3.05) is 0 Å². The molecule has 0 saturated heterocycles. The lowest BCUT2D eigenvalue weighted by Gasteiger charge is -2.20. The zero-order valence-corrected chi connectivity index (χ0v) is 8.17. The second-order valence-electron chi connectivity index (χ2n) is 3.59. The summed E-state index contributed by atoms with van der Waals surface area (Å²) in [6.45, 7) is 0. The maximum Gasteiger partial charge on any atom is 0.328 e. The lowest BCUT2D eigenvalue weighted by molar-refractivity contribution is 0.341. The SMILES string of the molecule is O=P(O)(O)C1CCCCCCC1. The van der Waals surface area contributed by atoms with Crippen molar-refractivity contribution in [3.05, 3.63) is 0 Å². The molecule has 0 spiro atoms. The van der Waals surface area contributed by atoms with Crippen LogP contribution in [-0.2, 0) is 4.57 Å². The van der Waals surface area contributed by atoms with E-state index in [9.17, 15) is 4.57 Å². The molecule has 1 saturated carbocycles. The van der Waals surface area contributed by atoms with Crippen molar-refractivity contribution in [3.8, 4) is 0 Å². The van der Waals surface area contributed by atoms with Gasteiger partial charge < -0.3 is 9.79 Å². The molecule has 0 heterocycles. The Hall–Kier alpha value is 0.150. The molecule has 0 bridgehead atoms. The van der Waals surface area contributed by atoms with E-state index in [1.165, 1.54) is 6.42 Å². The third kappa shape index (κ3) is 3.26. The quantitative estimate of drug-likeness (QED) is 0.626. The van der Waals surface area contributed by atoms with Gasteiger partial charge in [0.2, 0.25) is 0 Å². The summed E-state index contributed by atoms with van der Waals surface area (Å²) in [5.41, 5.74) is -0.349. The van der Waals surface area contributed by atoms with Gasteiger partial charge in [-0.3, -0.25) is 4.57 Å². The van der Waals surface area contributed by atoms with Crippen molar-refractivity contribution in [1.29, 1.82) is 0 Å². The summed E-state index contributed by atoms with van der Waals surface area (Å²) < 4.78 is 10.9. The van der Waals surface area contributed by atoms with Gasteiger partial charge in [-0.15, -0.1) is 0 Å². The van der Waals surface area contributed by atoms with E-state index in [0.29, 0.717) is 12.8 Å². The van der Waals surface area contributed by atoms with Gasteiger partial charge in [-0.1, -0.05) is 32.1 Å². The molecular weight excluding hydrogens is 175 g/mol. The Morgan fingerprint density at radius 2 is 1.33 bits per heavy atom. The first-order chi connectivity index (χ1) is 5.61. The molecule has 1 aliphatic carbocycles. The first-order valence-electron chi connectivity index (χ1n) is 4.66. The van der Waals surface area contributed by atoms with Crippen molar-refractivity contribution in [1.82, 2.24) is 0 Å². The van der Waals surface area contributed by atoms with E-state index in [1.807, 2.05) is 0 Å². The number of hydrogen-bond donors (Lipinski definition) is 2. The Labute approximate surface area is 73.3 Å². The van der Waals surface area contributed by atoms with Crippen LogP contribution in [0.5, 0.6) is 0 Å². The van der Waals surface area contributed by atoms with Crippen LogP contribution in [0, 0.1) is 0 Å². The topological polar surface area (TPSA) is 57.5 Å². The van der Waals surface area contributed by atoms with Crippen LogP contribution in [0.3, 0.4) is 0 Å². The number of rotatable bonds is 1. The fraction of sp³-hybridized carbons (Fsp3) is 1.00. The van der Waals surface area contributed by atoms with Crippen molar-refractivity contribution in [3.63, 3.8) is 0 Å². The van der Waals surface area contributed by atoms with Crippen LogP contribution in [0.2, 0.25) is 0 Å². The zero-order valence-electron chi connectivity index (χ0n) is 7.28. The highest BCUT2D eigenvalue weighted by Gasteiger charge is 2.27. The molecule has 12 heavy (non-hydrogen) atoms. The minimum atomic E-state index is -3.79. The van der Waals surface area contributed by atoms with Gasteiger partial charge in [-0.2, -0.15) is 0 Å². The van der Waals surface area contributed by atoms with Gasteiger partial charge >= 0.3 is 7.60 Å². The first-order valence-corrected chi connectivity index (χ1v) is 6.34. The van der Waals surface area contributed by atoms with Gasteiger partial charge in [0, 0.05) is 0 Å². The molecule has 2 N–H and O–H groups in total. The van der Waals surface area contributed by atoms with Crippen LogP contribution in [-0.4, -0.2) is 15.4 Å². The van der Waals surface area contributed by atoms with Crippen LogP contribution < -0.4 is 0 Å². The highest BCUT2D eigenvalue weighted by atomic mass is 31.2. The molecule has 0 amide bonds. The molecular formula is C8H17O3P. The highest BCUT2D eigenvalue weighted by molar-refractivity contribution is 7.52. The minimum absolute atomic E-state index is 0.349. The minimum Gasteiger partial charge on any atom is -0.324 e. The molecule has 1 aliphatic rings. The smallest absolute Gasteiger partial charge is 0.324 e. The maximum atomic E-state index is 10.9. The molecule has 0 aliphatic heterocycles. The van der Waals surface area contributed by atoms with E-state index in [1.54, 1.807) is 0 Å². The molecule has 0 aromatic heterocycles. The van der Waals surface area contributed by atoms with Crippen molar-refractivity contribution in [2.24, 2.45) is 0 Å². The molecule has 1 fully saturated rings. The molecule has 3 nitrogen and oxygen atoms in total. The van der Waals surface area contributed by atoms with E-state index < -0.39 is 7.60 Å². The predicted molar refractivity (Wildman–Crippen MR) is 48.2 cm³/mol. The molecule has 0 atom stereocenters. The van der Waals surface area contributed by atoms with Gasteiger partial charge in [0.15, 0.2) is 0 Å². The molecule has 4 heteroatoms. The normalized spacial score (nSPS) is 23.2. The summed E-state index contributed by atoms with van der Waals surface area (Å²) in [6.07, 6.45) is 6.89. The standard InChI is InChI=1S/C8H17O3P/c9-12(10,11)8-6-4-2-1-3-5-7-8/h8H,1-7H2,(H2,9,10,11). The van der Waals surface area contributed by atoms with E-state index in [-0.39, 0.29) is 5.66 Å². The Bertz CT molecular complexity index is 167. The number of hydrogen-bond acceptors (Lipinski definition) is 1. The summed E-state index contributed by atoms with van der Waals surface area (Å²) in [5, 5.41) is 0. The molecule has 1 rings (SSSR count). The average molecular weight is 192 g/mol. The lowest BCUT2D eigenvalue weighted by Crippen LogP contribution is -2.10. The van der Waals surface area contributed by atoms with Crippen LogP contribution in [0.15, 0.2) is 0 Å². The largest absolute Gasteiger partial charge is 0.328 e. The maximum absolute atomic E-state index is 10.9. The van der Waals surface area contributed by atoms with Crippen molar-refractivity contribution >= 4 is 7.60 Å². The van der Waals surface area contributed by atoms with Gasteiger partial charge in [0.05, 0.1) is 5.66 Å². The van der Waals surface area contributed by atoms with Crippen molar-refractivity contribution < 1.29 is 14.4 Å². The zero-order chi connectivity index (χ0) is 9.03.